The van der Waals surface area contributed by atoms with E-state index in [1.807, 2.05) is 0 Å². The molecule has 0 unspecified atom stereocenters. The van der Waals surface area contributed by atoms with Gasteiger partial charge in [-0.2, -0.15) is 5.10 Å². The average Bonchev–Trinajstić information content (AvgIpc) is 2.78. The maximum absolute atomic E-state index is 10.9. The van der Waals surface area contributed by atoms with Gasteiger partial charge < -0.3 is 11.5 Å². The molecular weight excluding hydrogens is 242 g/mol. The summed E-state index contributed by atoms with van der Waals surface area (Å²) in [5.74, 6) is -0.183. The lowest BCUT2D eigenvalue weighted by atomic mass is 10.2. The molecule has 0 fully saturated rings. The van der Waals surface area contributed by atoms with E-state index in [4.69, 9.17) is 23.1 Å². The zero-order valence-electron chi connectivity index (χ0n) is 8.80. The second-order valence-corrected chi connectivity index (χ2v) is 3.70. The van der Waals surface area contributed by atoms with Crippen LogP contribution in [-0.2, 0) is 6.54 Å². The lowest BCUT2D eigenvalue weighted by Gasteiger charge is -2.06. The lowest BCUT2D eigenvalue weighted by Crippen LogP contribution is -2.12. The van der Waals surface area contributed by atoms with Crippen LogP contribution < -0.4 is 11.5 Å². The molecule has 0 aliphatic rings. The number of hydrogen-bond donors (Lipinski definition) is 2. The molecule has 17 heavy (non-hydrogen) atoms. The Kier molecular flexibility index (Phi) is 3.08. The van der Waals surface area contributed by atoms with Crippen LogP contribution in [0.2, 0.25) is 5.02 Å². The van der Waals surface area contributed by atoms with Gasteiger partial charge in [-0.05, 0) is 17.7 Å². The van der Waals surface area contributed by atoms with E-state index in [-0.39, 0.29) is 5.69 Å². The zero-order valence-corrected chi connectivity index (χ0v) is 9.55. The highest BCUT2D eigenvalue weighted by molar-refractivity contribution is 6.32. The molecule has 0 aliphatic heterocycles. The molecule has 7 heteroatoms. The van der Waals surface area contributed by atoms with Gasteiger partial charge in [-0.1, -0.05) is 11.6 Å². The Hall–Kier alpha value is -1.92. The number of carbonyl (C=O) groups is 1. The maximum atomic E-state index is 10.9. The molecule has 88 valence electrons. The first-order valence-corrected chi connectivity index (χ1v) is 5.20. The molecule has 0 saturated carbocycles. The number of nitrogens with two attached hydrogens (primary N) is 2. The first kappa shape index (κ1) is 11.6. The lowest BCUT2D eigenvalue weighted by molar-refractivity contribution is 0.0995. The van der Waals surface area contributed by atoms with Crippen LogP contribution in [0.15, 0.2) is 24.5 Å². The highest BCUT2D eigenvalue weighted by atomic mass is 35.5. The highest BCUT2D eigenvalue weighted by Crippen LogP contribution is 2.21. The number of primary amides is 1. The molecule has 2 aromatic heterocycles. The van der Waals surface area contributed by atoms with Crippen molar-refractivity contribution < 1.29 is 4.79 Å². The second-order valence-electron chi connectivity index (χ2n) is 3.32. The van der Waals surface area contributed by atoms with Gasteiger partial charge in [0.05, 0.1) is 5.02 Å². The predicted molar refractivity (Wildman–Crippen MR) is 62.8 cm³/mol. The van der Waals surface area contributed by atoms with Crippen molar-refractivity contribution in [2.24, 2.45) is 11.5 Å². The molecule has 0 bridgehead atoms. The average molecular weight is 252 g/mol. The van der Waals surface area contributed by atoms with Crippen molar-refractivity contribution >= 4 is 17.5 Å². The van der Waals surface area contributed by atoms with Gasteiger partial charge >= 0.3 is 0 Å². The van der Waals surface area contributed by atoms with E-state index >= 15 is 0 Å². The third-order valence-corrected chi connectivity index (χ3v) is 2.64. The first-order valence-electron chi connectivity index (χ1n) is 4.82. The summed E-state index contributed by atoms with van der Waals surface area (Å²) >= 11 is 6.11. The number of hydrogen-bond acceptors (Lipinski definition) is 4. The molecule has 2 aromatic rings. The fraction of sp³-hybridized carbons (Fsp3) is 0.100. The van der Waals surface area contributed by atoms with Crippen molar-refractivity contribution in [1.29, 1.82) is 0 Å². The molecular formula is C10H10ClN5O. The molecule has 0 spiro atoms. The van der Waals surface area contributed by atoms with Crippen molar-refractivity contribution in [1.82, 2.24) is 14.8 Å². The van der Waals surface area contributed by atoms with E-state index in [0.717, 1.165) is 5.56 Å². The van der Waals surface area contributed by atoms with Crippen LogP contribution in [0.3, 0.4) is 0 Å². The summed E-state index contributed by atoms with van der Waals surface area (Å²) in [5.41, 5.74) is 11.6. The standard InChI is InChI=1S/C10H10ClN5O/c11-8-6(5-12)1-3-14-10(8)16-4-2-7(15-16)9(13)17/h1-4H,5,12H2,(H2,13,17). The Morgan fingerprint density at radius 3 is 2.82 bits per heavy atom. The van der Waals surface area contributed by atoms with Gasteiger partial charge in [0.25, 0.3) is 5.91 Å². The molecule has 2 heterocycles. The van der Waals surface area contributed by atoms with Gasteiger partial charge in [0.1, 0.15) is 5.69 Å². The smallest absolute Gasteiger partial charge is 0.269 e. The van der Waals surface area contributed by atoms with Gasteiger partial charge in [0.2, 0.25) is 0 Å². The number of nitrogens with zero attached hydrogens (tertiary/aromatic N) is 3. The van der Waals surface area contributed by atoms with Crippen molar-refractivity contribution in [3.05, 3.63) is 40.8 Å². The summed E-state index contributed by atoms with van der Waals surface area (Å²) in [4.78, 5) is 15.0. The number of carbonyl (C=O) groups excluding carboxylic acids is 1. The number of rotatable bonds is 3. The normalized spacial score (nSPS) is 10.5. The van der Waals surface area contributed by atoms with E-state index in [9.17, 15) is 4.79 Å². The summed E-state index contributed by atoms with van der Waals surface area (Å²) in [5, 5.41) is 4.38. The van der Waals surface area contributed by atoms with Gasteiger partial charge in [-0.15, -0.1) is 0 Å². The summed E-state index contributed by atoms with van der Waals surface area (Å²) in [6, 6.07) is 3.22. The topological polar surface area (TPSA) is 99.8 Å². The number of pyridine rings is 1. The highest BCUT2D eigenvalue weighted by Gasteiger charge is 2.11. The summed E-state index contributed by atoms with van der Waals surface area (Å²) in [6.45, 7) is 0.304. The van der Waals surface area contributed by atoms with Crippen LogP contribution in [0.4, 0.5) is 0 Å². The second kappa shape index (κ2) is 4.52. The molecule has 1 amide bonds. The Labute approximate surface area is 102 Å². The first-order chi connectivity index (χ1) is 8.13. The molecule has 4 N–H and O–H groups in total. The van der Waals surface area contributed by atoms with Crippen molar-refractivity contribution in [2.45, 2.75) is 6.54 Å². The largest absolute Gasteiger partial charge is 0.364 e. The Bertz CT molecular complexity index is 566. The quantitative estimate of drug-likeness (QED) is 0.829. The SMILES string of the molecule is NCc1ccnc(-n2ccc(C(N)=O)n2)c1Cl. The Balaban J connectivity index is 2.49. The zero-order chi connectivity index (χ0) is 12.4. The molecule has 0 atom stereocenters. The molecule has 6 nitrogen and oxygen atoms in total. The third-order valence-electron chi connectivity index (χ3n) is 2.23. The molecule has 0 aromatic carbocycles. The minimum atomic E-state index is -0.602. The van der Waals surface area contributed by atoms with Gasteiger partial charge in [0, 0.05) is 18.9 Å². The number of halogens is 1. The minimum absolute atomic E-state index is 0.154. The Morgan fingerprint density at radius 1 is 1.47 bits per heavy atom. The summed E-state index contributed by atoms with van der Waals surface area (Å²) in [7, 11) is 0. The minimum Gasteiger partial charge on any atom is -0.364 e. The van der Waals surface area contributed by atoms with Crippen LogP contribution in [0.25, 0.3) is 5.82 Å². The fourth-order valence-corrected chi connectivity index (χ4v) is 1.64. The molecule has 0 aliphatic carbocycles. The monoisotopic (exact) mass is 251 g/mol. The van der Waals surface area contributed by atoms with E-state index in [2.05, 4.69) is 10.1 Å². The van der Waals surface area contributed by atoms with Crippen LogP contribution in [0, 0.1) is 0 Å². The van der Waals surface area contributed by atoms with Crippen LogP contribution >= 0.6 is 11.6 Å². The van der Waals surface area contributed by atoms with Gasteiger partial charge in [0.15, 0.2) is 5.82 Å². The van der Waals surface area contributed by atoms with Crippen LogP contribution in [-0.4, -0.2) is 20.7 Å². The predicted octanol–water partition coefficient (Wildman–Crippen LogP) is 0.478. The van der Waals surface area contributed by atoms with E-state index in [0.29, 0.717) is 17.4 Å². The number of amides is 1. The molecule has 0 radical (unpaired) electrons. The van der Waals surface area contributed by atoms with E-state index in [1.54, 1.807) is 18.5 Å². The van der Waals surface area contributed by atoms with Crippen molar-refractivity contribution in [2.75, 3.05) is 0 Å². The van der Waals surface area contributed by atoms with Crippen molar-refractivity contribution in [3.8, 4) is 5.82 Å². The van der Waals surface area contributed by atoms with E-state index < -0.39 is 5.91 Å². The van der Waals surface area contributed by atoms with Crippen LogP contribution in [0.1, 0.15) is 16.1 Å². The maximum Gasteiger partial charge on any atom is 0.269 e. The molecule has 2 rings (SSSR count). The van der Waals surface area contributed by atoms with Gasteiger partial charge in [-0.25, -0.2) is 9.67 Å². The summed E-state index contributed by atoms with van der Waals surface area (Å²) < 4.78 is 1.39. The fourth-order valence-electron chi connectivity index (χ4n) is 1.36. The third kappa shape index (κ3) is 2.13. The van der Waals surface area contributed by atoms with Crippen LogP contribution in [0.5, 0.6) is 0 Å². The summed E-state index contributed by atoms with van der Waals surface area (Å²) in [6.07, 6.45) is 3.14. The number of aromatic nitrogens is 3. The van der Waals surface area contributed by atoms with E-state index in [1.165, 1.54) is 10.7 Å². The van der Waals surface area contributed by atoms with Gasteiger partial charge in [-0.3, -0.25) is 4.79 Å². The Morgan fingerprint density at radius 2 is 2.24 bits per heavy atom. The molecule has 0 saturated heterocycles. The van der Waals surface area contributed by atoms with Crippen molar-refractivity contribution in [3.63, 3.8) is 0 Å².